The maximum absolute atomic E-state index is 13.6. The summed E-state index contributed by atoms with van der Waals surface area (Å²) in [5.41, 5.74) is -0.121. The summed E-state index contributed by atoms with van der Waals surface area (Å²) in [6.45, 7) is 0. The van der Waals surface area contributed by atoms with E-state index in [2.05, 4.69) is 0 Å². The predicted octanol–water partition coefficient (Wildman–Crippen LogP) is 2.21. The van der Waals surface area contributed by atoms with Crippen molar-refractivity contribution in [1.82, 2.24) is 0 Å². The smallest absolute Gasteiger partial charge is 0.335 e. The van der Waals surface area contributed by atoms with E-state index in [1.807, 2.05) is 0 Å². The van der Waals surface area contributed by atoms with Gasteiger partial charge in [0.25, 0.3) is 0 Å². The van der Waals surface area contributed by atoms with E-state index in [1.54, 1.807) is 0 Å². The van der Waals surface area contributed by atoms with E-state index in [9.17, 15) is 14.3 Å². The molecule has 1 aliphatic carbocycles. The average Bonchev–Trinajstić information content (AvgIpc) is 2.34. The first-order valence-corrected chi connectivity index (χ1v) is 5.95. The van der Waals surface area contributed by atoms with Gasteiger partial charge in [-0.15, -0.1) is 0 Å². The molecule has 1 aliphatic rings. The Labute approximate surface area is 104 Å². The summed E-state index contributed by atoms with van der Waals surface area (Å²) >= 11 is 0. The van der Waals surface area contributed by atoms with Crippen LogP contribution < -0.4 is 4.74 Å². The predicted molar refractivity (Wildman–Crippen MR) is 62.3 cm³/mol. The third-order valence-corrected chi connectivity index (χ3v) is 3.12. The van der Waals surface area contributed by atoms with Crippen LogP contribution in [0.2, 0.25) is 0 Å². The minimum absolute atomic E-state index is 0.00838. The Morgan fingerprint density at radius 2 is 2.06 bits per heavy atom. The van der Waals surface area contributed by atoms with Crippen LogP contribution in [0.15, 0.2) is 18.2 Å². The number of ether oxygens (including phenoxy) is 1. The molecule has 18 heavy (non-hydrogen) atoms. The molecular formula is C13H15FO4. The third-order valence-electron chi connectivity index (χ3n) is 3.12. The number of hydrogen-bond donors (Lipinski definition) is 2. The summed E-state index contributed by atoms with van der Waals surface area (Å²) in [7, 11) is 0. The second-order valence-corrected chi connectivity index (χ2v) is 4.46. The molecule has 0 heterocycles. The number of carboxylic acid groups (broad SMARTS) is 1. The van der Waals surface area contributed by atoms with Crippen LogP contribution in [0.25, 0.3) is 0 Å². The Hall–Kier alpha value is -1.62. The van der Waals surface area contributed by atoms with Crippen LogP contribution in [0.1, 0.15) is 36.0 Å². The molecule has 0 amide bonds. The summed E-state index contributed by atoms with van der Waals surface area (Å²) in [4.78, 5) is 10.7. The van der Waals surface area contributed by atoms with Crippen molar-refractivity contribution >= 4 is 5.97 Å². The molecule has 98 valence electrons. The molecule has 1 saturated carbocycles. The highest BCUT2D eigenvalue weighted by atomic mass is 19.1. The largest absolute Gasteiger partial charge is 0.485 e. The number of benzene rings is 1. The van der Waals surface area contributed by atoms with Gasteiger partial charge in [-0.3, -0.25) is 0 Å². The highest BCUT2D eigenvalue weighted by Crippen LogP contribution is 2.26. The minimum atomic E-state index is -1.18. The van der Waals surface area contributed by atoms with E-state index in [4.69, 9.17) is 9.84 Å². The lowest BCUT2D eigenvalue weighted by Crippen LogP contribution is -2.34. The third kappa shape index (κ3) is 2.79. The zero-order chi connectivity index (χ0) is 13.1. The van der Waals surface area contributed by atoms with E-state index in [1.165, 1.54) is 12.1 Å². The summed E-state index contributed by atoms with van der Waals surface area (Å²) < 4.78 is 19.0. The van der Waals surface area contributed by atoms with Crippen LogP contribution in [0, 0.1) is 5.82 Å². The van der Waals surface area contributed by atoms with Gasteiger partial charge in [0.15, 0.2) is 11.6 Å². The molecule has 4 nitrogen and oxygen atoms in total. The number of carboxylic acids is 1. The van der Waals surface area contributed by atoms with Gasteiger partial charge in [-0.2, -0.15) is 0 Å². The first-order valence-electron chi connectivity index (χ1n) is 5.95. The number of halogens is 1. The second-order valence-electron chi connectivity index (χ2n) is 4.46. The van der Waals surface area contributed by atoms with E-state index in [0.29, 0.717) is 12.8 Å². The van der Waals surface area contributed by atoms with Crippen molar-refractivity contribution < 1.29 is 24.1 Å². The quantitative estimate of drug-likeness (QED) is 0.867. The molecule has 5 heteroatoms. The highest BCUT2D eigenvalue weighted by molar-refractivity contribution is 5.87. The van der Waals surface area contributed by atoms with Gasteiger partial charge in [-0.1, -0.05) is 6.42 Å². The maximum Gasteiger partial charge on any atom is 0.335 e. The van der Waals surface area contributed by atoms with Crippen molar-refractivity contribution in [3.63, 3.8) is 0 Å². The Balaban J connectivity index is 2.11. The van der Waals surface area contributed by atoms with Gasteiger partial charge in [0.2, 0.25) is 0 Å². The van der Waals surface area contributed by atoms with E-state index >= 15 is 0 Å². The lowest BCUT2D eigenvalue weighted by molar-refractivity contribution is 0.00497. The lowest BCUT2D eigenvalue weighted by Gasteiger charge is -2.28. The number of aliphatic hydroxyl groups is 1. The summed E-state index contributed by atoms with van der Waals surface area (Å²) in [5, 5.41) is 18.4. The normalized spacial score (nSPS) is 23.7. The fourth-order valence-corrected chi connectivity index (χ4v) is 2.11. The molecule has 1 aromatic rings. The van der Waals surface area contributed by atoms with Crippen molar-refractivity contribution in [3.05, 3.63) is 29.6 Å². The van der Waals surface area contributed by atoms with Crippen LogP contribution in [0.3, 0.4) is 0 Å². The number of hydrogen-bond acceptors (Lipinski definition) is 3. The van der Waals surface area contributed by atoms with Crippen LogP contribution in [-0.2, 0) is 0 Å². The fraction of sp³-hybridized carbons (Fsp3) is 0.462. The molecule has 0 spiro atoms. The number of aromatic carboxylic acids is 1. The Bertz CT molecular complexity index is 447. The Kier molecular flexibility index (Phi) is 3.81. The molecule has 1 aromatic carbocycles. The molecule has 2 atom stereocenters. The van der Waals surface area contributed by atoms with Crippen LogP contribution >= 0.6 is 0 Å². The number of carbonyl (C=O) groups is 1. The SMILES string of the molecule is O=C(O)c1ccc(OC2CCCCC2O)c(F)c1. The topological polar surface area (TPSA) is 66.8 Å². The van der Waals surface area contributed by atoms with Gasteiger partial charge in [0.05, 0.1) is 11.7 Å². The van der Waals surface area contributed by atoms with E-state index in [0.717, 1.165) is 18.9 Å². The zero-order valence-corrected chi connectivity index (χ0v) is 9.80. The zero-order valence-electron chi connectivity index (χ0n) is 9.80. The average molecular weight is 254 g/mol. The van der Waals surface area contributed by atoms with E-state index < -0.39 is 24.0 Å². The first kappa shape index (κ1) is 12.8. The van der Waals surface area contributed by atoms with Gasteiger partial charge < -0.3 is 14.9 Å². The standard InChI is InChI=1S/C13H15FO4/c14-9-7-8(13(16)17)5-6-11(9)18-12-4-2-1-3-10(12)15/h5-7,10,12,15H,1-4H2,(H,16,17). The molecule has 0 radical (unpaired) electrons. The van der Waals surface area contributed by atoms with Gasteiger partial charge in [0, 0.05) is 0 Å². The molecule has 2 unspecified atom stereocenters. The van der Waals surface area contributed by atoms with Crippen molar-refractivity contribution in [2.75, 3.05) is 0 Å². The molecule has 0 bridgehead atoms. The molecule has 0 saturated heterocycles. The number of aliphatic hydroxyl groups excluding tert-OH is 1. The maximum atomic E-state index is 13.6. The van der Waals surface area contributed by atoms with E-state index in [-0.39, 0.29) is 11.3 Å². The first-order chi connectivity index (χ1) is 8.58. The Morgan fingerprint density at radius 1 is 1.33 bits per heavy atom. The van der Waals surface area contributed by atoms with Crippen LogP contribution in [0.5, 0.6) is 5.75 Å². The van der Waals surface area contributed by atoms with Crippen LogP contribution in [0.4, 0.5) is 4.39 Å². The van der Waals surface area contributed by atoms with Crippen molar-refractivity contribution in [1.29, 1.82) is 0 Å². The van der Waals surface area contributed by atoms with Gasteiger partial charge in [-0.25, -0.2) is 9.18 Å². The van der Waals surface area contributed by atoms with Gasteiger partial charge in [0.1, 0.15) is 6.10 Å². The molecular weight excluding hydrogens is 239 g/mol. The molecule has 2 rings (SSSR count). The van der Waals surface area contributed by atoms with Gasteiger partial charge in [-0.05, 0) is 37.5 Å². The highest BCUT2D eigenvalue weighted by Gasteiger charge is 2.25. The molecule has 1 fully saturated rings. The lowest BCUT2D eigenvalue weighted by atomic mass is 9.95. The Morgan fingerprint density at radius 3 is 2.67 bits per heavy atom. The molecule has 0 aliphatic heterocycles. The van der Waals surface area contributed by atoms with Gasteiger partial charge >= 0.3 is 5.97 Å². The van der Waals surface area contributed by atoms with Crippen LogP contribution in [-0.4, -0.2) is 28.4 Å². The molecule has 0 aromatic heterocycles. The molecule has 2 N–H and O–H groups in total. The number of rotatable bonds is 3. The summed E-state index contributed by atoms with van der Waals surface area (Å²) in [6.07, 6.45) is 2.22. The monoisotopic (exact) mass is 254 g/mol. The minimum Gasteiger partial charge on any atom is -0.485 e. The second kappa shape index (κ2) is 5.35. The summed E-state index contributed by atoms with van der Waals surface area (Å²) in [6, 6.07) is 3.50. The summed E-state index contributed by atoms with van der Waals surface area (Å²) in [5.74, 6) is -1.91. The fourth-order valence-electron chi connectivity index (χ4n) is 2.11. The van der Waals surface area contributed by atoms with Crippen molar-refractivity contribution in [2.45, 2.75) is 37.9 Å². The van der Waals surface area contributed by atoms with Crippen molar-refractivity contribution in [3.8, 4) is 5.75 Å². The van der Waals surface area contributed by atoms with Crippen molar-refractivity contribution in [2.24, 2.45) is 0 Å².